The number of amides is 1. The number of benzene rings is 1. The molecule has 1 aromatic carbocycles. The summed E-state index contributed by atoms with van der Waals surface area (Å²) in [6.07, 6.45) is 3.01. The number of furan rings is 2. The van der Waals surface area contributed by atoms with Gasteiger partial charge in [0.2, 0.25) is 5.76 Å². The van der Waals surface area contributed by atoms with E-state index in [0.717, 1.165) is 0 Å². The van der Waals surface area contributed by atoms with Crippen molar-refractivity contribution in [3.8, 4) is 28.7 Å². The van der Waals surface area contributed by atoms with E-state index in [1.54, 1.807) is 30.3 Å². The zero-order chi connectivity index (χ0) is 18.1. The molecule has 0 aliphatic rings. The van der Waals surface area contributed by atoms with Crippen LogP contribution in [0.15, 0.2) is 72.7 Å². The summed E-state index contributed by atoms with van der Waals surface area (Å²) in [7, 11) is 0. The lowest BCUT2D eigenvalue weighted by Crippen LogP contribution is -2.12. The number of carbonyl (C=O) groups excluding carboxylic acids is 1. The van der Waals surface area contributed by atoms with Crippen molar-refractivity contribution in [2.75, 3.05) is 5.32 Å². The van der Waals surface area contributed by atoms with Crippen molar-refractivity contribution >= 4 is 27.9 Å². The first kappa shape index (κ1) is 16.2. The Morgan fingerprint density at radius 2 is 1.81 bits per heavy atom. The molecule has 0 saturated heterocycles. The average molecular weight is 415 g/mol. The molecule has 26 heavy (non-hydrogen) atoms. The van der Waals surface area contributed by atoms with Crippen molar-refractivity contribution in [1.29, 1.82) is 0 Å². The summed E-state index contributed by atoms with van der Waals surface area (Å²) in [6, 6.07) is 11.3. The van der Waals surface area contributed by atoms with Crippen molar-refractivity contribution in [1.82, 2.24) is 4.98 Å². The normalized spacial score (nSPS) is 10.8. The monoisotopic (exact) mass is 414 g/mol. The van der Waals surface area contributed by atoms with Gasteiger partial charge in [-0.05, 0) is 42.5 Å². The first-order valence-electron chi connectivity index (χ1n) is 7.50. The van der Waals surface area contributed by atoms with Crippen LogP contribution in [-0.4, -0.2) is 16.0 Å². The Morgan fingerprint density at radius 3 is 2.50 bits per heavy atom. The molecule has 0 fully saturated rings. The number of rotatable bonds is 4. The number of hydrogen-bond donors (Lipinski definition) is 2. The molecule has 0 aliphatic carbocycles. The molecule has 130 valence electrons. The molecule has 0 unspecified atom stereocenters. The van der Waals surface area contributed by atoms with Gasteiger partial charge in [-0.2, -0.15) is 4.98 Å². The number of phenols is 1. The summed E-state index contributed by atoms with van der Waals surface area (Å²) in [5.41, 5.74) is 0.468. The third-order valence-corrected chi connectivity index (χ3v) is 4.04. The smallest absolute Gasteiger partial charge is 0.303 e. The van der Waals surface area contributed by atoms with E-state index in [1.165, 1.54) is 24.7 Å². The van der Waals surface area contributed by atoms with E-state index < -0.39 is 5.91 Å². The molecule has 7 nitrogen and oxygen atoms in total. The highest BCUT2D eigenvalue weighted by Gasteiger charge is 2.23. The first-order valence-corrected chi connectivity index (χ1v) is 8.29. The fraction of sp³-hybridized carbons (Fsp3) is 0. The summed E-state index contributed by atoms with van der Waals surface area (Å²) < 4.78 is 17.0. The lowest BCUT2D eigenvalue weighted by atomic mass is 10.2. The van der Waals surface area contributed by atoms with Crippen LogP contribution in [0.25, 0.3) is 23.0 Å². The van der Waals surface area contributed by atoms with Crippen molar-refractivity contribution < 1.29 is 23.2 Å². The van der Waals surface area contributed by atoms with Crippen LogP contribution in [0.4, 0.5) is 6.01 Å². The molecule has 4 aromatic rings. The van der Waals surface area contributed by atoms with Gasteiger partial charge < -0.3 is 18.4 Å². The average Bonchev–Trinajstić information content (AvgIpc) is 3.37. The zero-order valence-corrected chi connectivity index (χ0v) is 14.7. The van der Waals surface area contributed by atoms with E-state index in [2.05, 4.69) is 26.2 Å². The number of oxazole rings is 1. The molecule has 8 heteroatoms. The van der Waals surface area contributed by atoms with Crippen LogP contribution in [-0.2, 0) is 0 Å². The second kappa shape index (κ2) is 6.57. The molecule has 0 atom stereocenters. The SMILES string of the molecule is O=C(Nc1nc(-c2ccco2)c(-c2ccco2)o1)c1cc(Br)ccc1O. The molecule has 0 bridgehead atoms. The van der Waals surface area contributed by atoms with Crippen molar-refractivity contribution in [3.63, 3.8) is 0 Å². The number of aromatic hydroxyl groups is 1. The van der Waals surface area contributed by atoms with Gasteiger partial charge in [-0.15, -0.1) is 0 Å². The fourth-order valence-corrected chi connectivity index (χ4v) is 2.74. The summed E-state index contributed by atoms with van der Waals surface area (Å²) in [4.78, 5) is 16.7. The topological polar surface area (TPSA) is 102 Å². The second-order valence-corrected chi connectivity index (χ2v) is 6.18. The fourth-order valence-electron chi connectivity index (χ4n) is 2.38. The number of nitrogens with zero attached hydrogens (tertiary/aromatic N) is 1. The molecule has 2 N–H and O–H groups in total. The Hall–Kier alpha value is -3.26. The van der Waals surface area contributed by atoms with Crippen LogP contribution in [0, 0.1) is 0 Å². The minimum Gasteiger partial charge on any atom is -0.507 e. The lowest BCUT2D eigenvalue weighted by molar-refractivity contribution is 0.102. The predicted octanol–water partition coefficient (Wildman–Crippen LogP) is 4.92. The molecule has 0 saturated carbocycles. The van der Waals surface area contributed by atoms with Crippen molar-refractivity contribution in [2.24, 2.45) is 0 Å². The number of carbonyl (C=O) groups is 1. The van der Waals surface area contributed by atoms with Crippen LogP contribution in [0.2, 0.25) is 0 Å². The van der Waals surface area contributed by atoms with Gasteiger partial charge in [-0.25, -0.2) is 0 Å². The van der Waals surface area contributed by atoms with Crippen LogP contribution in [0.3, 0.4) is 0 Å². The van der Waals surface area contributed by atoms with E-state index in [1.807, 2.05) is 0 Å². The third-order valence-electron chi connectivity index (χ3n) is 3.55. The number of anilines is 1. The quantitative estimate of drug-likeness (QED) is 0.491. The maximum atomic E-state index is 12.4. The summed E-state index contributed by atoms with van der Waals surface area (Å²) >= 11 is 3.26. The molecule has 0 spiro atoms. The van der Waals surface area contributed by atoms with Gasteiger partial charge in [0.15, 0.2) is 17.2 Å². The summed E-state index contributed by atoms with van der Waals surface area (Å²) in [5, 5.41) is 12.4. The highest BCUT2D eigenvalue weighted by molar-refractivity contribution is 9.10. The number of hydrogen-bond acceptors (Lipinski definition) is 6. The van der Waals surface area contributed by atoms with Crippen LogP contribution in [0.1, 0.15) is 10.4 Å². The van der Waals surface area contributed by atoms with E-state index in [4.69, 9.17) is 13.3 Å². The molecule has 4 rings (SSSR count). The highest BCUT2D eigenvalue weighted by atomic mass is 79.9. The maximum absolute atomic E-state index is 12.4. The van der Waals surface area contributed by atoms with Crippen molar-refractivity contribution in [2.45, 2.75) is 0 Å². The van der Waals surface area contributed by atoms with E-state index in [-0.39, 0.29) is 17.3 Å². The van der Waals surface area contributed by atoms with Gasteiger partial charge in [0, 0.05) is 4.47 Å². The largest absolute Gasteiger partial charge is 0.507 e. The molecule has 3 heterocycles. The van der Waals surface area contributed by atoms with Crippen LogP contribution >= 0.6 is 15.9 Å². The molecular weight excluding hydrogens is 404 g/mol. The van der Waals surface area contributed by atoms with Gasteiger partial charge in [-0.3, -0.25) is 10.1 Å². The van der Waals surface area contributed by atoms with Crippen LogP contribution < -0.4 is 5.32 Å². The van der Waals surface area contributed by atoms with Gasteiger partial charge in [0.05, 0.1) is 18.1 Å². The van der Waals surface area contributed by atoms with Crippen molar-refractivity contribution in [3.05, 3.63) is 65.0 Å². The number of phenolic OH excluding ortho intramolecular Hbond substituents is 1. The third kappa shape index (κ3) is 3.02. The maximum Gasteiger partial charge on any atom is 0.303 e. The Bertz CT molecular complexity index is 1000. The van der Waals surface area contributed by atoms with E-state index in [9.17, 15) is 9.90 Å². The van der Waals surface area contributed by atoms with Gasteiger partial charge in [0.25, 0.3) is 5.91 Å². The number of aromatic nitrogens is 1. The predicted molar refractivity (Wildman–Crippen MR) is 95.7 cm³/mol. The molecule has 1 amide bonds. The Balaban J connectivity index is 1.70. The Kier molecular flexibility index (Phi) is 4.10. The zero-order valence-electron chi connectivity index (χ0n) is 13.1. The first-order chi connectivity index (χ1) is 12.6. The summed E-state index contributed by atoms with van der Waals surface area (Å²) in [6.45, 7) is 0. The molecule has 0 radical (unpaired) electrons. The lowest BCUT2D eigenvalue weighted by Gasteiger charge is -2.04. The minimum absolute atomic E-state index is 0.0489. The standard InChI is InChI=1S/C18H11BrN2O5/c19-10-5-6-12(22)11(9-10)17(23)21-18-20-15(13-3-1-7-24-13)16(26-18)14-4-2-8-25-14/h1-9,22H,(H,20,21,23). The highest BCUT2D eigenvalue weighted by Crippen LogP contribution is 2.35. The van der Waals surface area contributed by atoms with Gasteiger partial charge in [-0.1, -0.05) is 15.9 Å². The molecule has 3 aromatic heterocycles. The van der Waals surface area contributed by atoms with E-state index >= 15 is 0 Å². The second-order valence-electron chi connectivity index (χ2n) is 5.27. The Labute approximate surface area is 155 Å². The number of halogens is 1. The Morgan fingerprint density at radius 1 is 1.08 bits per heavy atom. The van der Waals surface area contributed by atoms with Gasteiger partial charge >= 0.3 is 6.01 Å². The number of nitrogens with one attached hydrogen (secondary N) is 1. The minimum atomic E-state index is -0.568. The van der Waals surface area contributed by atoms with Gasteiger partial charge in [0.1, 0.15) is 5.75 Å². The summed E-state index contributed by atoms with van der Waals surface area (Å²) in [5.74, 6) is 0.496. The molecular formula is C18H11BrN2O5. The van der Waals surface area contributed by atoms with Crippen LogP contribution in [0.5, 0.6) is 5.75 Å². The molecule has 0 aliphatic heterocycles. The van der Waals surface area contributed by atoms with E-state index in [0.29, 0.717) is 27.4 Å².